The van der Waals surface area contributed by atoms with Gasteiger partial charge in [0.05, 0.1) is 6.54 Å². The normalized spacial score (nSPS) is 15.9. The van der Waals surface area contributed by atoms with E-state index in [1.807, 2.05) is 39.0 Å². The molecule has 0 amide bonds. The molecule has 4 heteroatoms. The zero-order valence-corrected chi connectivity index (χ0v) is 11.9. The second kappa shape index (κ2) is 5.21. The Kier molecular flexibility index (Phi) is 3.80. The minimum Gasteiger partial charge on any atom is -0.459 e. The van der Waals surface area contributed by atoms with E-state index in [2.05, 4.69) is 4.90 Å². The molecule has 1 aromatic rings. The van der Waals surface area contributed by atoms with Crippen molar-refractivity contribution in [1.29, 1.82) is 0 Å². The Balaban J connectivity index is 1.95. The summed E-state index contributed by atoms with van der Waals surface area (Å²) in [5, 5.41) is 0. The number of nitrogens with zero attached hydrogens (tertiary/aromatic N) is 1. The number of rotatable bonds is 2. The van der Waals surface area contributed by atoms with Gasteiger partial charge in [0, 0.05) is 18.8 Å². The number of esters is 1. The highest BCUT2D eigenvalue weighted by atomic mass is 16.6. The predicted molar refractivity (Wildman–Crippen MR) is 75.7 cm³/mol. The zero-order valence-electron chi connectivity index (χ0n) is 11.9. The van der Waals surface area contributed by atoms with Gasteiger partial charge < -0.3 is 10.5 Å². The summed E-state index contributed by atoms with van der Waals surface area (Å²) in [6.07, 6.45) is 0.934. The van der Waals surface area contributed by atoms with Gasteiger partial charge in [0.1, 0.15) is 5.60 Å². The number of hydrogen-bond acceptors (Lipinski definition) is 4. The molecule has 0 saturated heterocycles. The average Bonchev–Trinajstić information content (AvgIpc) is 2.26. The third kappa shape index (κ3) is 3.96. The lowest BCUT2D eigenvalue weighted by molar-refractivity contribution is -0.156. The summed E-state index contributed by atoms with van der Waals surface area (Å²) in [5.74, 6) is -0.161. The molecule has 0 saturated carbocycles. The Morgan fingerprint density at radius 3 is 2.79 bits per heavy atom. The van der Waals surface area contributed by atoms with Crippen molar-refractivity contribution in [2.75, 3.05) is 18.8 Å². The second-order valence-corrected chi connectivity index (χ2v) is 6.08. The van der Waals surface area contributed by atoms with Gasteiger partial charge in [0.2, 0.25) is 0 Å². The summed E-state index contributed by atoms with van der Waals surface area (Å²) in [6.45, 7) is 7.67. The molecule has 19 heavy (non-hydrogen) atoms. The van der Waals surface area contributed by atoms with E-state index in [9.17, 15) is 4.79 Å². The van der Waals surface area contributed by atoms with Gasteiger partial charge in [0.15, 0.2) is 0 Å². The van der Waals surface area contributed by atoms with E-state index in [1.54, 1.807) is 0 Å². The fourth-order valence-corrected chi connectivity index (χ4v) is 2.32. The van der Waals surface area contributed by atoms with E-state index in [-0.39, 0.29) is 5.97 Å². The van der Waals surface area contributed by atoms with Crippen LogP contribution in [0.4, 0.5) is 5.69 Å². The molecule has 0 aromatic heterocycles. The lowest BCUT2D eigenvalue weighted by Gasteiger charge is -2.29. The largest absolute Gasteiger partial charge is 0.459 e. The standard InChI is InChI=1S/C15H22N2O2/c1-15(2,3)19-14(18)10-17-7-6-11-8-13(16)5-4-12(11)9-17/h4-5,8H,6-7,9-10,16H2,1-3H3. The maximum atomic E-state index is 11.8. The van der Waals surface area contributed by atoms with Crippen LogP contribution >= 0.6 is 0 Å². The summed E-state index contributed by atoms with van der Waals surface area (Å²) in [5.41, 5.74) is 8.71. The molecule has 1 aromatic carbocycles. The van der Waals surface area contributed by atoms with Crippen LogP contribution in [0.3, 0.4) is 0 Å². The molecular weight excluding hydrogens is 240 g/mol. The second-order valence-electron chi connectivity index (χ2n) is 6.08. The van der Waals surface area contributed by atoms with Gasteiger partial charge in [-0.2, -0.15) is 0 Å². The van der Waals surface area contributed by atoms with Crippen LogP contribution in [-0.2, 0) is 22.5 Å². The molecule has 104 valence electrons. The van der Waals surface area contributed by atoms with E-state index in [0.717, 1.165) is 25.2 Å². The fourth-order valence-electron chi connectivity index (χ4n) is 2.32. The molecule has 0 aliphatic carbocycles. The van der Waals surface area contributed by atoms with Gasteiger partial charge in [-0.05, 0) is 50.5 Å². The number of carbonyl (C=O) groups excluding carboxylic acids is 1. The number of benzene rings is 1. The summed E-state index contributed by atoms with van der Waals surface area (Å²) in [6, 6.07) is 5.99. The zero-order chi connectivity index (χ0) is 14.0. The molecule has 0 spiro atoms. The number of nitrogens with two attached hydrogens (primary N) is 1. The Morgan fingerprint density at radius 2 is 2.11 bits per heavy atom. The van der Waals surface area contributed by atoms with Crippen LogP contribution in [0.1, 0.15) is 31.9 Å². The maximum absolute atomic E-state index is 11.8. The van der Waals surface area contributed by atoms with Crippen LogP contribution in [-0.4, -0.2) is 29.6 Å². The summed E-state index contributed by atoms with van der Waals surface area (Å²) in [4.78, 5) is 13.9. The molecule has 4 nitrogen and oxygen atoms in total. The first-order valence-electron chi connectivity index (χ1n) is 6.65. The van der Waals surface area contributed by atoms with Crippen LogP contribution < -0.4 is 5.73 Å². The molecule has 0 atom stereocenters. The number of carbonyl (C=O) groups is 1. The van der Waals surface area contributed by atoms with Crippen LogP contribution in [0.5, 0.6) is 0 Å². The van der Waals surface area contributed by atoms with Crippen molar-refractivity contribution in [3.63, 3.8) is 0 Å². The monoisotopic (exact) mass is 262 g/mol. The van der Waals surface area contributed by atoms with Gasteiger partial charge in [-0.1, -0.05) is 6.07 Å². The summed E-state index contributed by atoms with van der Waals surface area (Å²) < 4.78 is 5.35. The minimum atomic E-state index is -0.417. The van der Waals surface area contributed by atoms with Crippen molar-refractivity contribution in [2.45, 2.75) is 39.3 Å². The minimum absolute atomic E-state index is 0.161. The van der Waals surface area contributed by atoms with E-state index < -0.39 is 5.60 Å². The molecule has 0 fully saturated rings. The molecule has 1 aliphatic heterocycles. The molecule has 2 rings (SSSR count). The summed E-state index contributed by atoms with van der Waals surface area (Å²) in [7, 11) is 0. The summed E-state index contributed by atoms with van der Waals surface area (Å²) >= 11 is 0. The van der Waals surface area contributed by atoms with Gasteiger partial charge >= 0.3 is 5.97 Å². The molecule has 0 radical (unpaired) electrons. The first kappa shape index (κ1) is 13.9. The number of hydrogen-bond donors (Lipinski definition) is 1. The number of nitrogen functional groups attached to an aromatic ring is 1. The van der Waals surface area contributed by atoms with E-state index in [1.165, 1.54) is 11.1 Å². The Labute approximate surface area is 114 Å². The molecule has 2 N–H and O–H groups in total. The van der Waals surface area contributed by atoms with Gasteiger partial charge in [0.25, 0.3) is 0 Å². The number of ether oxygens (including phenoxy) is 1. The first-order chi connectivity index (χ1) is 8.83. The van der Waals surface area contributed by atoms with Gasteiger partial charge in [-0.15, -0.1) is 0 Å². The highest BCUT2D eigenvalue weighted by molar-refractivity contribution is 5.72. The van der Waals surface area contributed by atoms with E-state index >= 15 is 0 Å². The highest BCUT2D eigenvalue weighted by Gasteiger charge is 2.22. The van der Waals surface area contributed by atoms with Crippen LogP contribution in [0.2, 0.25) is 0 Å². The highest BCUT2D eigenvalue weighted by Crippen LogP contribution is 2.21. The third-order valence-corrected chi connectivity index (χ3v) is 3.09. The fraction of sp³-hybridized carbons (Fsp3) is 0.533. The third-order valence-electron chi connectivity index (χ3n) is 3.09. The molecule has 1 aliphatic rings. The predicted octanol–water partition coefficient (Wildman–Crippen LogP) is 1.97. The van der Waals surface area contributed by atoms with Crippen LogP contribution in [0, 0.1) is 0 Å². The Hall–Kier alpha value is -1.55. The first-order valence-corrected chi connectivity index (χ1v) is 6.65. The smallest absolute Gasteiger partial charge is 0.320 e. The van der Waals surface area contributed by atoms with E-state index in [0.29, 0.717) is 6.54 Å². The van der Waals surface area contributed by atoms with Gasteiger partial charge in [-0.25, -0.2) is 0 Å². The average molecular weight is 262 g/mol. The molecule has 0 unspecified atom stereocenters. The van der Waals surface area contributed by atoms with Crippen LogP contribution in [0.15, 0.2) is 18.2 Å². The molecule has 1 heterocycles. The quantitative estimate of drug-likeness (QED) is 0.654. The van der Waals surface area contributed by atoms with Gasteiger partial charge in [-0.3, -0.25) is 9.69 Å². The Morgan fingerprint density at radius 1 is 1.37 bits per heavy atom. The van der Waals surface area contributed by atoms with Crippen molar-refractivity contribution in [2.24, 2.45) is 0 Å². The topological polar surface area (TPSA) is 55.6 Å². The SMILES string of the molecule is CC(C)(C)OC(=O)CN1CCc2cc(N)ccc2C1. The maximum Gasteiger partial charge on any atom is 0.320 e. The van der Waals surface area contributed by atoms with E-state index in [4.69, 9.17) is 10.5 Å². The number of fused-ring (bicyclic) bond motifs is 1. The van der Waals surface area contributed by atoms with Crippen molar-refractivity contribution >= 4 is 11.7 Å². The van der Waals surface area contributed by atoms with Crippen molar-refractivity contribution in [3.8, 4) is 0 Å². The van der Waals surface area contributed by atoms with Crippen LogP contribution in [0.25, 0.3) is 0 Å². The number of anilines is 1. The molecular formula is C15H22N2O2. The lowest BCUT2D eigenvalue weighted by Crippen LogP contribution is -2.37. The lowest BCUT2D eigenvalue weighted by atomic mass is 9.99. The van der Waals surface area contributed by atoms with Crippen molar-refractivity contribution < 1.29 is 9.53 Å². The van der Waals surface area contributed by atoms with Crippen molar-refractivity contribution in [1.82, 2.24) is 4.90 Å². The van der Waals surface area contributed by atoms with Crippen molar-refractivity contribution in [3.05, 3.63) is 29.3 Å². The Bertz CT molecular complexity index is 478. The molecule has 0 bridgehead atoms.